The van der Waals surface area contributed by atoms with E-state index >= 15 is 0 Å². The van der Waals surface area contributed by atoms with Crippen LogP contribution in [0.1, 0.15) is 0 Å². The Bertz CT molecular complexity index is 3440. The highest BCUT2D eigenvalue weighted by atomic mass is 16.4. The van der Waals surface area contributed by atoms with Gasteiger partial charge in [-0.3, -0.25) is 0 Å². The van der Waals surface area contributed by atoms with Crippen molar-refractivity contribution in [2.75, 3.05) is 0 Å². The fourth-order valence-electron chi connectivity index (χ4n) is 8.31. The molecule has 0 amide bonds. The van der Waals surface area contributed by atoms with E-state index in [0.29, 0.717) is 34.2 Å². The lowest BCUT2D eigenvalue weighted by Gasteiger charge is -2.14. The molecule has 0 saturated carbocycles. The van der Waals surface area contributed by atoms with Gasteiger partial charge >= 0.3 is 0 Å². The van der Waals surface area contributed by atoms with Crippen LogP contribution in [0.3, 0.4) is 0 Å². The normalized spacial score (nSPS) is 11.6. The van der Waals surface area contributed by atoms with Crippen LogP contribution < -0.4 is 0 Å². The minimum Gasteiger partial charge on any atom is -0.504 e. The van der Waals surface area contributed by atoms with Gasteiger partial charge in [0.1, 0.15) is 11.2 Å². The predicted octanol–water partition coefficient (Wildman–Crippen LogP) is 11.7. The van der Waals surface area contributed by atoms with Crippen LogP contribution in [0, 0.1) is 0 Å². The number of phenolic OH excluding ortho intramolecular Hbond substituents is 5. The maximum absolute atomic E-state index is 10.8. The van der Waals surface area contributed by atoms with E-state index in [1.165, 1.54) is 0 Å². The van der Waals surface area contributed by atoms with Crippen molar-refractivity contribution in [3.63, 3.8) is 0 Å². The van der Waals surface area contributed by atoms with Gasteiger partial charge in [0.15, 0.2) is 29.0 Å². The maximum atomic E-state index is 10.8. The number of aromatic nitrogens is 4. The number of hydrogen-bond acceptors (Lipinski definition) is 9. The molecular weight excluding hydrogens is 765 g/mol. The number of phenols is 5. The summed E-state index contributed by atoms with van der Waals surface area (Å²) in [7, 11) is 0. The molecule has 10 heteroatoms. The summed E-state index contributed by atoms with van der Waals surface area (Å²) in [6.45, 7) is 0. The average molecular weight is 797 g/mol. The van der Waals surface area contributed by atoms with Crippen LogP contribution >= 0.6 is 0 Å². The second-order valence-corrected chi connectivity index (χ2v) is 14.8. The summed E-state index contributed by atoms with van der Waals surface area (Å²) in [5, 5.41) is 55.8. The molecule has 0 spiro atoms. The highest BCUT2D eigenvalue weighted by Crippen LogP contribution is 2.55. The molecule has 0 unspecified atom stereocenters. The Hall–Kier alpha value is -8.63. The molecule has 0 aliphatic heterocycles. The van der Waals surface area contributed by atoms with Gasteiger partial charge in [0.2, 0.25) is 17.2 Å². The molecule has 0 radical (unpaired) electrons. The Kier molecular flexibility index (Phi) is 8.01. The third-order valence-corrected chi connectivity index (χ3v) is 11.2. The largest absolute Gasteiger partial charge is 0.504 e. The Morgan fingerprint density at radius 1 is 0.377 bits per heavy atom. The smallest absolute Gasteiger partial charge is 0.208 e. The van der Waals surface area contributed by atoms with Crippen molar-refractivity contribution in [3.05, 3.63) is 164 Å². The van der Waals surface area contributed by atoms with Crippen LogP contribution in [-0.4, -0.2) is 45.1 Å². The third-order valence-electron chi connectivity index (χ3n) is 11.2. The molecule has 292 valence electrons. The lowest BCUT2D eigenvalue weighted by atomic mass is 9.98. The van der Waals surface area contributed by atoms with Gasteiger partial charge in [0.05, 0.1) is 22.3 Å². The standard InChI is InChI=1S/C51H32N4O6/c56-44-42(45(57)47(59)48(60)46(44)58)31-21-23-39-37(24-31)34-18-10-11-19-38(34)55(39)33-26-36(28-12-4-1-5-13-28)43-35-22-20-32(25-40(35)61-41(43)27-33)51-53-49(29-14-6-2-7-15-29)52-50(54-51)30-16-8-3-9-17-30/h1-27,56-60H. The molecule has 0 bridgehead atoms. The second-order valence-electron chi connectivity index (χ2n) is 14.8. The van der Waals surface area contributed by atoms with Crippen LogP contribution in [0.4, 0.5) is 0 Å². The highest BCUT2D eigenvalue weighted by Gasteiger charge is 2.26. The molecule has 3 aromatic heterocycles. The molecule has 0 atom stereocenters. The first kappa shape index (κ1) is 35.5. The molecule has 10 nitrogen and oxygen atoms in total. The van der Waals surface area contributed by atoms with E-state index in [4.69, 9.17) is 19.4 Å². The van der Waals surface area contributed by atoms with Gasteiger partial charge in [-0.2, -0.15) is 0 Å². The molecule has 0 aliphatic carbocycles. The number of benzene rings is 8. The first-order chi connectivity index (χ1) is 29.8. The number of aromatic hydroxyl groups is 5. The quantitative estimate of drug-likeness (QED) is 0.0815. The van der Waals surface area contributed by atoms with Gasteiger partial charge in [-0.15, -0.1) is 0 Å². The SMILES string of the molecule is Oc1c(O)c(O)c(-c2ccc3c(c2)c2ccccc2n3-c2cc(-c3ccccc3)c3c(c2)oc2cc(-c4nc(-c5ccccc5)nc(-c5ccccc5)n4)ccc23)c(O)c1O. The molecule has 3 heterocycles. The molecule has 5 N–H and O–H groups in total. The lowest BCUT2D eigenvalue weighted by Crippen LogP contribution is -2.00. The van der Waals surface area contributed by atoms with E-state index in [1.54, 1.807) is 12.1 Å². The summed E-state index contributed by atoms with van der Waals surface area (Å²) in [6, 6.07) is 53.3. The van der Waals surface area contributed by atoms with Crippen LogP contribution in [0.5, 0.6) is 28.7 Å². The first-order valence-electron chi connectivity index (χ1n) is 19.5. The molecule has 11 aromatic rings. The van der Waals surface area contributed by atoms with Crippen molar-refractivity contribution in [2.24, 2.45) is 0 Å². The van der Waals surface area contributed by atoms with E-state index < -0.39 is 28.7 Å². The van der Waals surface area contributed by atoms with Crippen LogP contribution in [0.2, 0.25) is 0 Å². The molecule has 61 heavy (non-hydrogen) atoms. The summed E-state index contributed by atoms with van der Waals surface area (Å²) in [5.74, 6) is -2.75. The van der Waals surface area contributed by atoms with Gasteiger partial charge in [-0.05, 0) is 53.1 Å². The second kappa shape index (κ2) is 13.7. The van der Waals surface area contributed by atoms with Crippen LogP contribution in [0.25, 0.3) is 106 Å². The van der Waals surface area contributed by atoms with Gasteiger partial charge in [-0.25, -0.2) is 15.0 Å². The summed E-state index contributed by atoms with van der Waals surface area (Å²) in [6.07, 6.45) is 0. The van der Waals surface area contributed by atoms with Crippen molar-refractivity contribution in [1.29, 1.82) is 0 Å². The fourth-order valence-corrected chi connectivity index (χ4v) is 8.31. The van der Waals surface area contributed by atoms with E-state index in [2.05, 4.69) is 28.8 Å². The molecule has 11 rings (SSSR count). The number of furan rings is 1. The van der Waals surface area contributed by atoms with Crippen LogP contribution in [0.15, 0.2) is 168 Å². The van der Waals surface area contributed by atoms with Crippen molar-refractivity contribution >= 4 is 43.7 Å². The minimum atomic E-state index is -1.01. The van der Waals surface area contributed by atoms with Crippen molar-refractivity contribution < 1.29 is 29.9 Å². The third kappa shape index (κ3) is 5.69. The number of rotatable bonds is 6. The van der Waals surface area contributed by atoms with E-state index in [9.17, 15) is 25.5 Å². The molecule has 8 aromatic carbocycles. The van der Waals surface area contributed by atoms with Crippen molar-refractivity contribution in [1.82, 2.24) is 19.5 Å². The zero-order chi connectivity index (χ0) is 41.4. The van der Waals surface area contributed by atoms with Crippen LogP contribution in [-0.2, 0) is 0 Å². The number of fused-ring (bicyclic) bond motifs is 6. The topological polar surface area (TPSA) is 158 Å². The first-order valence-corrected chi connectivity index (χ1v) is 19.5. The highest BCUT2D eigenvalue weighted by molar-refractivity contribution is 6.15. The average Bonchev–Trinajstić information content (AvgIpc) is 3.85. The monoisotopic (exact) mass is 796 g/mol. The number of hydrogen-bond donors (Lipinski definition) is 5. The predicted molar refractivity (Wildman–Crippen MR) is 237 cm³/mol. The van der Waals surface area contributed by atoms with Gasteiger partial charge in [0, 0.05) is 44.3 Å². The Balaban J connectivity index is 1.12. The van der Waals surface area contributed by atoms with E-state index in [1.807, 2.05) is 127 Å². The van der Waals surface area contributed by atoms with Gasteiger partial charge < -0.3 is 34.5 Å². The zero-order valence-electron chi connectivity index (χ0n) is 32.0. The molecular formula is C51H32N4O6. The Morgan fingerprint density at radius 2 is 0.902 bits per heavy atom. The summed E-state index contributed by atoms with van der Waals surface area (Å²) in [5.41, 5.74) is 8.45. The van der Waals surface area contributed by atoms with Crippen molar-refractivity contribution in [3.8, 4) is 90.9 Å². The van der Waals surface area contributed by atoms with E-state index in [0.717, 1.165) is 66.1 Å². The van der Waals surface area contributed by atoms with Gasteiger partial charge in [0.25, 0.3) is 0 Å². The molecule has 0 saturated heterocycles. The Morgan fingerprint density at radius 3 is 1.54 bits per heavy atom. The minimum absolute atomic E-state index is 0.217. The molecule has 0 fully saturated rings. The summed E-state index contributed by atoms with van der Waals surface area (Å²) < 4.78 is 8.93. The van der Waals surface area contributed by atoms with Gasteiger partial charge in [-0.1, -0.05) is 121 Å². The number of nitrogens with zero attached hydrogens (tertiary/aromatic N) is 4. The van der Waals surface area contributed by atoms with Crippen molar-refractivity contribution in [2.45, 2.75) is 0 Å². The molecule has 0 aliphatic rings. The summed E-state index contributed by atoms with van der Waals surface area (Å²) >= 11 is 0. The summed E-state index contributed by atoms with van der Waals surface area (Å²) in [4.78, 5) is 14.8. The maximum Gasteiger partial charge on any atom is 0.208 e. The van der Waals surface area contributed by atoms with E-state index in [-0.39, 0.29) is 5.56 Å². The Labute approximate surface area is 346 Å². The lowest BCUT2D eigenvalue weighted by molar-refractivity contribution is 0.330. The fraction of sp³-hybridized carbons (Fsp3) is 0. The number of para-hydroxylation sites is 1. The zero-order valence-corrected chi connectivity index (χ0v) is 32.0.